The maximum absolute atomic E-state index is 11.9. The van der Waals surface area contributed by atoms with Gasteiger partial charge in [0, 0.05) is 17.8 Å². The highest BCUT2D eigenvalue weighted by atomic mass is 32.1. The van der Waals surface area contributed by atoms with Gasteiger partial charge in [-0.1, -0.05) is 12.1 Å². The number of amides is 1. The zero-order valence-electron chi connectivity index (χ0n) is 12.0. The van der Waals surface area contributed by atoms with E-state index in [4.69, 9.17) is 4.74 Å². The standard InChI is InChI=1S/C15H18N2O3S/c1-10-13(21-9-17-10)7-8-16-15(19)14(18)11-3-5-12(20-2)6-4-11/h3-6,9,14,18H,7-8H2,1-2H3,(H,16,19). The molecule has 2 N–H and O–H groups in total. The number of thiazole rings is 1. The fourth-order valence-corrected chi connectivity index (χ4v) is 2.68. The maximum Gasteiger partial charge on any atom is 0.253 e. The van der Waals surface area contributed by atoms with Crippen LogP contribution in [0.4, 0.5) is 0 Å². The average Bonchev–Trinajstić information content (AvgIpc) is 2.92. The summed E-state index contributed by atoms with van der Waals surface area (Å²) < 4.78 is 5.04. The number of aliphatic hydroxyl groups is 1. The van der Waals surface area contributed by atoms with Gasteiger partial charge in [-0.3, -0.25) is 4.79 Å². The number of nitrogens with one attached hydrogen (secondary N) is 1. The van der Waals surface area contributed by atoms with Crippen molar-refractivity contribution >= 4 is 17.2 Å². The molecule has 0 fully saturated rings. The maximum atomic E-state index is 11.9. The van der Waals surface area contributed by atoms with Crippen LogP contribution in [0.1, 0.15) is 22.2 Å². The zero-order valence-corrected chi connectivity index (χ0v) is 12.8. The summed E-state index contributed by atoms with van der Waals surface area (Å²) in [5.74, 6) is 0.286. The zero-order chi connectivity index (χ0) is 15.2. The van der Waals surface area contributed by atoms with E-state index in [1.807, 2.05) is 6.92 Å². The Morgan fingerprint density at radius 2 is 2.14 bits per heavy atom. The van der Waals surface area contributed by atoms with E-state index in [2.05, 4.69) is 10.3 Å². The number of carbonyl (C=O) groups is 1. The van der Waals surface area contributed by atoms with Crippen molar-refractivity contribution < 1.29 is 14.6 Å². The molecule has 0 saturated heterocycles. The smallest absolute Gasteiger partial charge is 0.253 e. The lowest BCUT2D eigenvalue weighted by Gasteiger charge is -2.12. The largest absolute Gasteiger partial charge is 0.497 e. The van der Waals surface area contributed by atoms with E-state index in [0.717, 1.165) is 17.0 Å². The molecule has 112 valence electrons. The van der Waals surface area contributed by atoms with Crippen LogP contribution in [0, 0.1) is 6.92 Å². The van der Waals surface area contributed by atoms with Gasteiger partial charge in [0.15, 0.2) is 6.10 Å². The number of methoxy groups -OCH3 is 1. The highest BCUT2D eigenvalue weighted by molar-refractivity contribution is 7.09. The molecule has 6 heteroatoms. The summed E-state index contributed by atoms with van der Waals surface area (Å²) in [5, 5.41) is 12.7. The molecule has 1 atom stereocenters. The van der Waals surface area contributed by atoms with Crippen molar-refractivity contribution in [1.82, 2.24) is 10.3 Å². The Labute approximate surface area is 127 Å². The molecule has 0 spiro atoms. The third-order valence-electron chi connectivity index (χ3n) is 3.18. The molecule has 2 aromatic rings. The molecule has 1 unspecified atom stereocenters. The second-order valence-corrected chi connectivity index (χ2v) is 5.52. The summed E-state index contributed by atoms with van der Waals surface area (Å²) in [6.45, 7) is 2.43. The second-order valence-electron chi connectivity index (χ2n) is 4.58. The third kappa shape index (κ3) is 4.03. The van der Waals surface area contributed by atoms with Gasteiger partial charge in [0.25, 0.3) is 5.91 Å². The monoisotopic (exact) mass is 306 g/mol. The minimum absolute atomic E-state index is 0.401. The van der Waals surface area contributed by atoms with Gasteiger partial charge in [0.1, 0.15) is 5.75 Å². The molecule has 1 aromatic carbocycles. The van der Waals surface area contributed by atoms with Crippen molar-refractivity contribution in [1.29, 1.82) is 0 Å². The minimum atomic E-state index is -1.17. The van der Waals surface area contributed by atoms with Crippen LogP contribution in [0.5, 0.6) is 5.75 Å². The molecule has 0 aliphatic heterocycles. The first-order valence-electron chi connectivity index (χ1n) is 6.60. The van der Waals surface area contributed by atoms with Crippen LogP contribution in [0.3, 0.4) is 0 Å². The molecule has 5 nitrogen and oxygen atoms in total. The number of aliphatic hydroxyl groups excluding tert-OH is 1. The van der Waals surface area contributed by atoms with Crippen molar-refractivity contribution in [2.75, 3.05) is 13.7 Å². The van der Waals surface area contributed by atoms with Gasteiger partial charge in [-0.2, -0.15) is 0 Å². The van der Waals surface area contributed by atoms with Crippen molar-refractivity contribution in [2.45, 2.75) is 19.4 Å². The molecule has 0 aliphatic rings. The van der Waals surface area contributed by atoms with E-state index in [0.29, 0.717) is 17.9 Å². The first kappa shape index (κ1) is 15.5. The van der Waals surface area contributed by atoms with E-state index in [9.17, 15) is 9.90 Å². The highest BCUT2D eigenvalue weighted by Gasteiger charge is 2.16. The molecular formula is C15H18N2O3S. The topological polar surface area (TPSA) is 71.5 Å². The van der Waals surface area contributed by atoms with Crippen molar-refractivity contribution in [3.05, 3.63) is 45.9 Å². The van der Waals surface area contributed by atoms with Crippen LogP contribution >= 0.6 is 11.3 Å². The number of carbonyl (C=O) groups excluding carboxylic acids is 1. The van der Waals surface area contributed by atoms with Gasteiger partial charge in [0.05, 0.1) is 18.3 Å². The lowest BCUT2D eigenvalue weighted by molar-refractivity contribution is -0.129. The van der Waals surface area contributed by atoms with Crippen LogP contribution < -0.4 is 10.1 Å². The highest BCUT2D eigenvalue weighted by Crippen LogP contribution is 2.18. The van der Waals surface area contributed by atoms with Crippen molar-refractivity contribution in [3.8, 4) is 5.75 Å². The molecule has 1 aromatic heterocycles. The van der Waals surface area contributed by atoms with Gasteiger partial charge in [-0.05, 0) is 24.6 Å². The molecule has 21 heavy (non-hydrogen) atoms. The normalized spacial score (nSPS) is 12.0. The number of benzene rings is 1. The SMILES string of the molecule is COc1ccc(C(O)C(=O)NCCc2scnc2C)cc1. The molecule has 0 radical (unpaired) electrons. The Hall–Kier alpha value is -1.92. The van der Waals surface area contributed by atoms with Crippen LogP contribution in [-0.4, -0.2) is 29.7 Å². The van der Waals surface area contributed by atoms with Gasteiger partial charge in [-0.25, -0.2) is 4.98 Å². The van der Waals surface area contributed by atoms with Crippen molar-refractivity contribution in [3.63, 3.8) is 0 Å². The number of aromatic nitrogens is 1. The summed E-state index contributed by atoms with van der Waals surface area (Å²) in [4.78, 5) is 17.2. The van der Waals surface area contributed by atoms with Crippen LogP contribution in [-0.2, 0) is 11.2 Å². The Balaban J connectivity index is 1.85. The Bertz CT molecular complexity index is 595. The Morgan fingerprint density at radius 1 is 1.43 bits per heavy atom. The average molecular weight is 306 g/mol. The molecule has 1 heterocycles. The van der Waals surface area contributed by atoms with E-state index >= 15 is 0 Å². The first-order chi connectivity index (χ1) is 10.1. The van der Waals surface area contributed by atoms with Gasteiger partial charge >= 0.3 is 0 Å². The fraction of sp³-hybridized carbons (Fsp3) is 0.333. The van der Waals surface area contributed by atoms with Gasteiger partial charge in [-0.15, -0.1) is 11.3 Å². The number of hydrogen-bond acceptors (Lipinski definition) is 5. The first-order valence-corrected chi connectivity index (χ1v) is 7.48. The lowest BCUT2D eigenvalue weighted by atomic mass is 10.1. The molecule has 0 aliphatic carbocycles. The van der Waals surface area contributed by atoms with Gasteiger partial charge in [0.2, 0.25) is 0 Å². The van der Waals surface area contributed by atoms with Crippen LogP contribution in [0.15, 0.2) is 29.8 Å². The Morgan fingerprint density at radius 3 is 2.71 bits per heavy atom. The predicted molar refractivity (Wildman–Crippen MR) is 81.5 cm³/mol. The minimum Gasteiger partial charge on any atom is -0.497 e. The van der Waals surface area contributed by atoms with Crippen LogP contribution in [0.2, 0.25) is 0 Å². The lowest BCUT2D eigenvalue weighted by Crippen LogP contribution is -2.30. The van der Waals surface area contributed by atoms with Crippen LogP contribution in [0.25, 0.3) is 0 Å². The number of aryl methyl sites for hydroxylation is 1. The Kier molecular flexibility index (Phi) is 5.30. The summed E-state index contributed by atoms with van der Waals surface area (Å²) in [7, 11) is 1.57. The number of hydrogen-bond donors (Lipinski definition) is 2. The number of nitrogens with zero attached hydrogens (tertiary/aromatic N) is 1. The molecular weight excluding hydrogens is 288 g/mol. The fourth-order valence-electron chi connectivity index (χ4n) is 1.90. The predicted octanol–water partition coefficient (Wildman–Crippen LogP) is 1.85. The van der Waals surface area contributed by atoms with Crippen molar-refractivity contribution in [2.24, 2.45) is 0 Å². The number of ether oxygens (including phenoxy) is 1. The van der Waals surface area contributed by atoms with E-state index in [1.54, 1.807) is 48.2 Å². The molecule has 0 saturated carbocycles. The van der Waals surface area contributed by atoms with Gasteiger partial charge < -0.3 is 15.2 Å². The molecule has 2 rings (SSSR count). The number of rotatable bonds is 6. The quantitative estimate of drug-likeness (QED) is 0.854. The van der Waals surface area contributed by atoms with E-state index < -0.39 is 12.0 Å². The summed E-state index contributed by atoms with van der Waals surface area (Å²) >= 11 is 1.57. The summed E-state index contributed by atoms with van der Waals surface area (Å²) in [5.41, 5.74) is 3.32. The third-order valence-corrected chi connectivity index (χ3v) is 4.17. The second kappa shape index (κ2) is 7.19. The summed E-state index contributed by atoms with van der Waals surface area (Å²) in [6, 6.07) is 6.78. The summed E-state index contributed by atoms with van der Waals surface area (Å²) in [6.07, 6.45) is -0.448. The van der Waals surface area contributed by atoms with E-state index in [-0.39, 0.29) is 0 Å². The van der Waals surface area contributed by atoms with E-state index in [1.165, 1.54) is 0 Å². The molecule has 1 amide bonds. The molecule has 0 bridgehead atoms.